The molecule has 0 saturated carbocycles. The topological polar surface area (TPSA) is 67.8 Å². The van der Waals surface area contributed by atoms with E-state index in [0.717, 1.165) is 16.9 Å². The molecule has 5 nitrogen and oxygen atoms in total. The fraction of sp³-hybridized carbons (Fsp3) is 0.381. The second-order valence-electron chi connectivity index (χ2n) is 6.32. The summed E-state index contributed by atoms with van der Waals surface area (Å²) in [5, 5.41) is 12.4. The highest BCUT2D eigenvalue weighted by atomic mass is 32.2. The fourth-order valence-electron chi connectivity index (χ4n) is 2.69. The third kappa shape index (κ3) is 6.81. The smallest absolute Gasteiger partial charge is 0.320 e. The van der Waals surface area contributed by atoms with Gasteiger partial charge in [0, 0.05) is 6.54 Å². The van der Waals surface area contributed by atoms with Crippen molar-refractivity contribution in [3.05, 3.63) is 59.2 Å². The minimum atomic E-state index is -0.825. The molecule has 0 saturated heterocycles. The Labute approximate surface area is 165 Å². The van der Waals surface area contributed by atoms with Gasteiger partial charge < -0.3 is 19.9 Å². The number of ether oxygens (including phenoxy) is 2. The number of methoxy groups -OCH3 is 1. The zero-order valence-electron chi connectivity index (χ0n) is 16.0. The highest BCUT2D eigenvalue weighted by Crippen LogP contribution is 2.29. The SMILES string of the molecule is COc1cc(CNC(CCSC)C(=O)O)ccc1OCc1cccc(C)c1. The van der Waals surface area contributed by atoms with Crippen molar-refractivity contribution in [2.24, 2.45) is 0 Å². The maximum Gasteiger partial charge on any atom is 0.320 e. The second kappa shape index (κ2) is 10.8. The van der Waals surface area contributed by atoms with Crippen LogP contribution in [0.2, 0.25) is 0 Å². The van der Waals surface area contributed by atoms with Crippen LogP contribution >= 0.6 is 11.8 Å². The van der Waals surface area contributed by atoms with Crippen LogP contribution in [-0.2, 0) is 17.9 Å². The first-order valence-electron chi connectivity index (χ1n) is 8.84. The molecule has 0 aliphatic rings. The molecule has 1 atom stereocenters. The summed E-state index contributed by atoms with van der Waals surface area (Å²) in [6.45, 7) is 2.97. The Hall–Kier alpha value is -2.18. The first-order valence-corrected chi connectivity index (χ1v) is 10.2. The van der Waals surface area contributed by atoms with E-state index >= 15 is 0 Å². The molecule has 6 heteroatoms. The first-order chi connectivity index (χ1) is 13.0. The average molecular weight is 390 g/mol. The number of thioether (sulfide) groups is 1. The number of nitrogens with one attached hydrogen (secondary N) is 1. The van der Waals surface area contributed by atoms with E-state index in [1.165, 1.54) is 5.56 Å². The third-order valence-electron chi connectivity index (χ3n) is 4.17. The summed E-state index contributed by atoms with van der Waals surface area (Å²) in [5.74, 6) is 1.28. The summed E-state index contributed by atoms with van der Waals surface area (Å²) in [4.78, 5) is 11.3. The lowest BCUT2D eigenvalue weighted by molar-refractivity contribution is -0.139. The summed E-state index contributed by atoms with van der Waals surface area (Å²) in [6, 6.07) is 13.3. The predicted molar refractivity (Wildman–Crippen MR) is 110 cm³/mol. The van der Waals surface area contributed by atoms with E-state index < -0.39 is 12.0 Å². The van der Waals surface area contributed by atoms with Crippen LogP contribution in [0.5, 0.6) is 11.5 Å². The van der Waals surface area contributed by atoms with E-state index in [9.17, 15) is 9.90 Å². The van der Waals surface area contributed by atoms with Crippen LogP contribution in [0.4, 0.5) is 0 Å². The lowest BCUT2D eigenvalue weighted by Gasteiger charge is -2.16. The van der Waals surface area contributed by atoms with E-state index in [1.54, 1.807) is 18.9 Å². The average Bonchev–Trinajstić information content (AvgIpc) is 2.66. The van der Waals surface area contributed by atoms with E-state index in [4.69, 9.17) is 9.47 Å². The number of hydrogen-bond acceptors (Lipinski definition) is 5. The number of carboxylic acid groups (broad SMARTS) is 1. The van der Waals surface area contributed by atoms with Gasteiger partial charge in [0.15, 0.2) is 11.5 Å². The number of carbonyl (C=O) groups is 1. The van der Waals surface area contributed by atoms with Crippen LogP contribution < -0.4 is 14.8 Å². The van der Waals surface area contributed by atoms with Crippen molar-refractivity contribution in [3.63, 3.8) is 0 Å². The summed E-state index contributed by atoms with van der Waals surface area (Å²) in [7, 11) is 1.60. The summed E-state index contributed by atoms with van der Waals surface area (Å²) in [5.41, 5.74) is 3.24. The Kier molecular flexibility index (Phi) is 8.48. The first kappa shape index (κ1) is 21.1. The number of aryl methyl sites for hydroxylation is 1. The van der Waals surface area contributed by atoms with Gasteiger partial charge in [-0.05, 0) is 48.6 Å². The van der Waals surface area contributed by atoms with Gasteiger partial charge in [-0.25, -0.2) is 0 Å². The molecule has 0 fully saturated rings. The van der Waals surface area contributed by atoms with Crippen LogP contribution in [0.1, 0.15) is 23.1 Å². The fourth-order valence-corrected chi connectivity index (χ4v) is 3.17. The molecule has 2 rings (SSSR count). The van der Waals surface area contributed by atoms with E-state index in [2.05, 4.69) is 24.4 Å². The van der Waals surface area contributed by atoms with Crippen molar-refractivity contribution in [1.82, 2.24) is 5.32 Å². The van der Waals surface area contributed by atoms with Gasteiger partial charge in [0.1, 0.15) is 12.6 Å². The van der Waals surface area contributed by atoms with Gasteiger partial charge in [-0.2, -0.15) is 11.8 Å². The quantitative estimate of drug-likeness (QED) is 0.608. The molecule has 2 aromatic rings. The third-order valence-corrected chi connectivity index (χ3v) is 4.81. The number of rotatable bonds is 11. The van der Waals surface area contributed by atoms with Crippen molar-refractivity contribution in [2.45, 2.75) is 32.5 Å². The summed E-state index contributed by atoms with van der Waals surface area (Å²) < 4.78 is 11.3. The van der Waals surface area contributed by atoms with Crippen molar-refractivity contribution >= 4 is 17.7 Å². The van der Waals surface area contributed by atoms with Crippen LogP contribution in [0.15, 0.2) is 42.5 Å². The normalized spacial score (nSPS) is 11.8. The zero-order chi connectivity index (χ0) is 19.6. The van der Waals surface area contributed by atoms with Crippen LogP contribution in [0.25, 0.3) is 0 Å². The zero-order valence-corrected chi connectivity index (χ0v) is 16.8. The van der Waals surface area contributed by atoms with Crippen molar-refractivity contribution in [2.75, 3.05) is 19.1 Å². The number of aliphatic carboxylic acids is 1. The van der Waals surface area contributed by atoms with Crippen molar-refractivity contribution in [1.29, 1.82) is 0 Å². The molecular weight excluding hydrogens is 362 g/mol. The number of benzene rings is 2. The number of hydrogen-bond donors (Lipinski definition) is 2. The molecule has 0 bridgehead atoms. The van der Waals surface area contributed by atoms with Gasteiger partial charge in [-0.3, -0.25) is 4.79 Å². The molecule has 0 amide bonds. The van der Waals surface area contributed by atoms with E-state index in [-0.39, 0.29) is 0 Å². The molecule has 0 spiro atoms. The van der Waals surface area contributed by atoms with Gasteiger partial charge >= 0.3 is 5.97 Å². The van der Waals surface area contributed by atoms with Gasteiger partial charge in [0.05, 0.1) is 7.11 Å². The van der Waals surface area contributed by atoms with E-state index in [1.807, 2.05) is 36.6 Å². The maximum absolute atomic E-state index is 11.3. The Morgan fingerprint density at radius 3 is 2.67 bits per heavy atom. The summed E-state index contributed by atoms with van der Waals surface area (Å²) >= 11 is 1.64. The number of carboxylic acids is 1. The maximum atomic E-state index is 11.3. The van der Waals surface area contributed by atoms with Crippen LogP contribution in [0, 0.1) is 6.92 Å². The lowest BCUT2D eigenvalue weighted by atomic mass is 10.1. The van der Waals surface area contributed by atoms with Crippen molar-refractivity contribution < 1.29 is 19.4 Å². The molecule has 27 heavy (non-hydrogen) atoms. The minimum absolute atomic E-state index is 0.458. The van der Waals surface area contributed by atoms with E-state index in [0.29, 0.717) is 31.1 Å². The molecular formula is C21H27NO4S. The molecule has 0 aliphatic heterocycles. The lowest BCUT2D eigenvalue weighted by Crippen LogP contribution is -2.36. The standard InChI is InChI=1S/C21H27NO4S/c1-15-5-4-6-17(11-15)14-26-19-8-7-16(12-20(19)25-2)13-22-18(21(23)24)9-10-27-3/h4-8,11-12,18,22H,9-10,13-14H2,1-3H3,(H,23,24). The summed E-state index contributed by atoms with van der Waals surface area (Å²) in [6.07, 6.45) is 2.56. The molecule has 2 aromatic carbocycles. The Morgan fingerprint density at radius 2 is 2.00 bits per heavy atom. The molecule has 1 unspecified atom stereocenters. The highest BCUT2D eigenvalue weighted by molar-refractivity contribution is 7.98. The molecule has 0 heterocycles. The molecule has 0 aliphatic carbocycles. The molecule has 0 radical (unpaired) electrons. The van der Waals surface area contributed by atoms with Crippen LogP contribution in [-0.4, -0.2) is 36.2 Å². The Balaban J connectivity index is 1.99. The van der Waals surface area contributed by atoms with Gasteiger partial charge in [-0.15, -0.1) is 0 Å². The molecule has 146 valence electrons. The molecule has 2 N–H and O–H groups in total. The monoisotopic (exact) mass is 389 g/mol. The van der Waals surface area contributed by atoms with Gasteiger partial charge in [0.25, 0.3) is 0 Å². The van der Waals surface area contributed by atoms with Gasteiger partial charge in [-0.1, -0.05) is 35.9 Å². The molecule has 0 aromatic heterocycles. The predicted octanol–water partition coefficient (Wildman–Crippen LogP) is 3.88. The highest BCUT2D eigenvalue weighted by Gasteiger charge is 2.16. The second-order valence-corrected chi connectivity index (χ2v) is 7.30. The van der Waals surface area contributed by atoms with Gasteiger partial charge in [0.2, 0.25) is 0 Å². The minimum Gasteiger partial charge on any atom is -0.493 e. The Bertz CT molecular complexity index is 751. The van der Waals surface area contributed by atoms with Crippen molar-refractivity contribution in [3.8, 4) is 11.5 Å². The Morgan fingerprint density at radius 1 is 1.19 bits per heavy atom. The largest absolute Gasteiger partial charge is 0.493 e. The van der Waals surface area contributed by atoms with Crippen LogP contribution in [0.3, 0.4) is 0 Å².